The molecule has 6 nitrogen and oxygen atoms in total. The molecule has 0 aromatic carbocycles. The van der Waals surface area contributed by atoms with Crippen molar-refractivity contribution in [3.05, 3.63) is 24.1 Å². The molecular weight excluding hydrogens is 390 g/mol. The maximum atomic E-state index is 13.9. The number of hydrogen-bond donors (Lipinski definition) is 1. The average molecular weight is 426 g/mol. The molecule has 3 aliphatic rings. The lowest BCUT2D eigenvalue weighted by molar-refractivity contribution is -0.135. The first kappa shape index (κ1) is 20.7. The van der Waals surface area contributed by atoms with Crippen LogP contribution < -0.4 is 5.32 Å². The van der Waals surface area contributed by atoms with E-state index in [0.717, 1.165) is 56.0 Å². The molecule has 0 spiro atoms. The fourth-order valence-corrected chi connectivity index (χ4v) is 6.18. The molecule has 0 bridgehead atoms. The first-order chi connectivity index (χ1) is 15.0. The van der Waals surface area contributed by atoms with Crippen LogP contribution in [0.4, 0.5) is 0 Å². The van der Waals surface area contributed by atoms with Gasteiger partial charge in [-0.1, -0.05) is 45.4 Å². The third-order valence-corrected chi connectivity index (χ3v) is 8.07. The van der Waals surface area contributed by atoms with Gasteiger partial charge in [0.15, 0.2) is 5.58 Å². The Balaban J connectivity index is 1.53. The molecule has 3 atom stereocenters. The van der Waals surface area contributed by atoms with Gasteiger partial charge in [-0.3, -0.25) is 9.59 Å². The zero-order valence-corrected chi connectivity index (χ0v) is 18.9. The second-order valence-electron chi connectivity index (χ2n) is 10.2. The Morgan fingerprint density at radius 1 is 1.10 bits per heavy atom. The van der Waals surface area contributed by atoms with Gasteiger partial charge in [0.2, 0.25) is 5.91 Å². The minimum atomic E-state index is -0.903. The lowest BCUT2D eigenvalue weighted by Crippen LogP contribution is -2.67. The van der Waals surface area contributed by atoms with Gasteiger partial charge in [0.1, 0.15) is 11.2 Å². The topological polar surface area (TPSA) is 67.5 Å². The zero-order chi connectivity index (χ0) is 21.6. The highest BCUT2D eigenvalue weighted by Gasteiger charge is 2.51. The molecule has 1 aliphatic heterocycles. The number of hydrogen-bond acceptors (Lipinski definition) is 3. The molecule has 0 saturated heterocycles. The van der Waals surface area contributed by atoms with Crippen molar-refractivity contribution in [3.63, 3.8) is 0 Å². The van der Waals surface area contributed by atoms with Crippen molar-refractivity contribution in [2.45, 2.75) is 102 Å². The summed E-state index contributed by atoms with van der Waals surface area (Å²) in [5, 5.41) is 3.38. The third kappa shape index (κ3) is 3.48. The molecule has 31 heavy (non-hydrogen) atoms. The van der Waals surface area contributed by atoms with Crippen LogP contribution in [0.2, 0.25) is 0 Å². The monoisotopic (exact) mass is 425 g/mol. The summed E-state index contributed by atoms with van der Waals surface area (Å²) in [5.41, 5.74) is 1.36. The lowest BCUT2D eigenvalue weighted by Gasteiger charge is -2.48. The molecule has 2 fully saturated rings. The Labute approximate surface area is 184 Å². The van der Waals surface area contributed by atoms with Gasteiger partial charge in [-0.15, -0.1) is 0 Å². The number of nitrogens with zero attached hydrogens (tertiary/aromatic N) is 2. The molecule has 2 saturated carbocycles. The van der Waals surface area contributed by atoms with Crippen LogP contribution in [0.1, 0.15) is 88.5 Å². The molecule has 168 valence electrons. The molecule has 3 heterocycles. The number of amides is 2. The maximum Gasteiger partial charge on any atom is 0.271 e. The van der Waals surface area contributed by atoms with E-state index < -0.39 is 5.54 Å². The van der Waals surface area contributed by atoms with Gasteiger partial charge >= 0.3 is 0 Å². The predicted octanol–water partition coefficient (Wildman–Crippen LogP) is 4.87. The highest BCUT2D eigenvalue weighted by Crippen LogP contribution is 2.37. The van der Waals surface area contributed by atoms with Gasteiger partial charge in [-0.05, 0) is 38.5 Å². The summed E-state index contributed by atoms with van der Waals surface area (Å²) in [6.45, 7) is 4.69. The van der Waals surface area contributed by atoms with Gasteiger partial charge in [0, 0.05) is 24.2 Å². The number of fused-ring (bicyclic) bond motifs is 3. The van der Waals surface area contributed by atoms with Gasteiger partial charge < -0.3 is 19.2 Å². The van der Waals surface area contributed by atoms with E-state index in [9.17, 15) is 9.59 Å². The summed E-state index contributed by atoms with van der Waals surface area (Å²) in [7, 11) is 0. The van der Waals surface area contributed by atoms with Crippen molar-refractivity contribution >= 4 is 22.9 Å². The summed E-state index contributed by atoms with van der Waals surface area (Å²) >= 11 is 0. The molecule has 1 N–H and O–H groups in total. The van der Waals surface area contributed by atoms with Crippen LogP contribution in [-0.2, 0) is 11.3 Å². The van der Waals surface area contributed by atoms with Crippen LogP contribution in [0.15, 0.2) is 22.8 Å². The Morgan fingerprint density at radius 2 is 1.81 bits per heavy atom. The predicted molar refractivity (Wildman–Crippen MR) is 120 cm³/mol. The van der Waals surface area contributed by atoms with Crippen LogP contribution in [0.3, 0.4) is 0 Å². The van der Waals surface area contributed by atoms with Crippen LogP contribution in [0.5, 0.6) is 0 Å². The van der Waals surface area contributed by atoms with Crippen molar-refractivity contribution in [3.8, 4) is 0 Å². The van der Waals surface area contributed by atoms with Crippen molar-refractivity contribution < 1.29 is 14.0 Å². The Morgan fingerprint density at radius 3 is 2.55 bits per heavy atom. The molecule has 5 rings (SSSR count). The largest absolute Gasteiger partial charge is 0.463 e. The van der Waals surface area contributed by atoms with Crippen LogP contribution in [-0.4, -0.2) is 38.9 Å². The van der Waals surface area contributed by atoms with Crippen molar-refractivity contribution in [2.24, 2.45) is 5.92 Å². The molecular formula is C25H35N3O3. The normalized spacial score (nSPS) is 30.3. The van der Waals surface area contributed by atoms with Gasteiger partial charge in [0.05, 0.1) is 18.3 Å². The second kappa shape index (κ2) is 8.03. The molecule has 2 aromatic heterocycles. The highest BCUT2D eigenvalue weighted by molar-refractivity contribution is 6.03. The van der Waals surface area contributed by atoms with E-state index in [0.29, 0.717) is 18.2 Å². The van der Waals surface area contributed by atoms with Gasteiger partial charge in [-0.25, -0.2) is 0 Å². The summed E-state index contributed by atoms with van der Waals surface area (Å²) in [5.74, 6) is 0.452. The maximum absolute atomic E-state index is 13.9. The Kier molecular flexibility index (Phi) is 5.35. The summed E-state index contributed by atoms with van der Waals surface area (Å²) < 4.78 is 7.59. The Bertz CT molecular complexity index is 968. The van der Waals surface area contributed by atoms with E-state index in [4.69, 9.17) is 4.42 Å². The van der Waals surface area contributed by atoms with Crippen LogP contribution in [0, 0.1) is 5.92 Å². The lowest BCUT2D eigenvalue weighted by atomic mass is 9.84. The molecule has 0 radical (unpaired) electrons. The quantitative estimate of drug-likeness (QED) is 0.714. The average Bonchev–Trinajstić information content (AvgIpc) is 3.23. The number of carbonyl (C=O) groups is 2. The fraction of sp³-hybridized carbons (Fsp3) is 0.680. The van der Waals surface area contributed by atoms with E-state index in [2.05, 4.69) is 12.2 Å². The number of carbonyl (C=O) groups excluding carboxylic acids is 2. The van der Waals surface area contributed by atoms with Crippen molar-refractivity contribution in [1.29, 1.82) is 0 Å². The first-order valence-corrected chi connectivity index (χ1v) is 12.2. The standard InChI is InChI=1S/C25H35N3O3/c1-17-9-7-8-12-19(17)26-24(30)25(2)16-27-20-13-14-31-22(20)15-21(27)23(29)28(25)18-10-5-3-4-6-11-18/h13-15,17-19H,3-12,16H2,1-2H3,(H,26,30)/t17-,19-,25+/m1/s1. The molecule has 6 heteroatoms. The number of furan rings is 1. The van der Waals surface area contributed by atoms with Gasteiger partial charge in [0.25, 0.3) is 5.91 Å². The summed E-state index contributed by atoms with van der Waals surface area (Å²) in [4.78, 5) is 29.7. The SMILES string of the molecule is C[C@@H]1CCCC[C@H]1NC(=O)[C@]1(C)Cn2c(cc3occc32)C(=O)N1C1CCCCCC1. The number of aromatic nitrogens is 1. The van der Waals surface area contributed by atoms with Crippen molar-refractivity contribution in [1.82, 2.24) is 14.8 Å². The molecule has 2 aliphatic carbocycles. The second-order valence-corrected chi connectivity index (χ2v) is 10.2. The number of nitrogens with one attached hydrogen (secondary N) is 1. The highest BCUT2D eigenvalue weighted by atomic mass is 16.3. The molecule has 0 unspecified atom stereocenters. The first-order valence-electron chi connectivity index (χ1n) is 12.2. The van der Waals surface area contributed by atoms with Crippen molar-refractivity contribution in [2.75, 3.05) is 0 Å². The minimum Gasteiger partial charge on any atom is -0.463 e. The van der Waals surface area contributed by atoms with E-state index >= 15 is 0 Å². The Hall–Kier alpha value is -2.24. The third-order valence-electron chi connectivity index (χ3n) is 8.07. The molecule has 2 aromatic rings. The van der Waals surface area contributed by atoms with Crippen LogP contribution in [0.25, 0.3) is 11.1 Å². The zero-order valence-electron chi connectivity index (χ0n) is 18.9. The van der Waals surface area contributed by atoms with Crippen LogP contribution >= 0.6 is 0 Å². The van der Waals surface area contributed by atoms with E-state index in [1.54, 1.807) is 6.26 Å². The smallest absolute Gasteiger partial charge is 0.271 e. The van der Waals surface area contributed by atoms with E-state index in [-0.39, 0.29) is 23.9 Å². The van der Waals surface area contributed by atoms with E-state index in [1.165, 1.54) is 19.3 Å². The number of rotatable bonds is 3. The van der Waals surface area contributed by atoms with E-state index in [1.807, 2.05) is 28.5 Å². The minimum absolute atomic E-state index is 0.000146. The molecule has 2 amide bonds. The fourth-order valence-electron chi connectivity index (χ4n) is 6.18. The van der Waals surface area contributed by atoms with Gasteiger partial charge in [-0.2, -0.15) is 0 Å². The summed E-state index contributed by atoms with van der Waals surface area (Å²) in [6, 6.07) is 4.06. The summed E-state index contributed by atoms with van der Waals surface area (Å²) in [6.07, 6.45) is 12.9.